The zero-order chi connectivity index (χ0) is 7.70. The Kier molecular flexibility index (Phi) is 15.0. The summed E-state index contributed by atoms with van der Waals surface area (Å²) in [5.74, 6) is 0.0301. The molecule has 0 saturated carbocycles. The molecule has 0 aromatic rings. The number of hydrogen-bond donors (Lipinski definition) is 1. The quantitative estimate of drug-likeness (QED) is 0.443. The zero-order valence-corrected chi connectivity index (χ0v) is 8.40. The van der Waals surface area contributed by atoms with E-state index in [-0.39, 0.29) is 5.78 Å². The van der Waals surface area contributed by atoms with Gasteiger partial charge in [0.25, 0.3) is 0 Å². The molecule has 1 N–H and O–H groups in total. The Hall–Kier alpha value is 0.370. The summed E-state index contributed by atoms with van der Waals surface area (Å²) in [6, 6.07) is 0. The van der Waals surface area contributed by atoms with E-state index in [1.54, 1.807) is 7.05 Å². The van der Waals surface area contributed by atoms with Crippen LogP contribution in [0.15, 0.2) is 12.7 Å². The van der Waals surface area contributed by atoms with E-state index in [9.17, 15) is 4.79 Å². The van der Waals surface area contributed by atoms with Gasteiger partial charge in [0.2, 0.25) is 0 Å². The molecule has 0 spiro atoms. The topological polar surface area (TPSA) is 29.1 Å². The summed E-state index contributed by atoms with van der Waals surface area (Å²) in [5, 5.41) is 2.70. The molecule has 0 aliphatic rings. The van der Waals surface area contributed by atoms with Gasteiger partial charge in [-0.25, -0.2) is 0 Å². The molecular formula is C6H12NNaO. The van der Waals surface area contributed by atoms with Crippen molar-refractivity contribution in [3.8, 4) is 0 Å². The second kappa shape index (κ2) is 11.2. The zero-order valence-electron chi connectivity index (χ0n) is 6.40. The molecule has 0 aliphatic carbocycles. The number of likely N-dealkylation sites (N-methyl/N-ethyl adjacent to an activating group) is 1. The van der Waals surface area contributed by atoms with Crippen molar-refractivity contribution >= 4 is 33.7 Å². The average molecular weight is 137 g/mol. The average Bonchev–Trinajstić information content (AvgIpc) is 1.93. The summed E-state index contributed by atoms with van der Waals surface area (Å²) in [4.78, 5) is 10.2. The Morgan fingerprint density at radius 1 is 1.78 bits per heavy atom. The van der Waals surface area contributed by atoms with E-state index in [2.05, 4.69) is 16.1 Å². The molecule has 0 bridgehead atoms. The van der Waals surface area contributed by atoms with Gasteiger partial charge in [0.15, 0.2) is 5.78 Å². The van der Waals surface area contributed by atoms with Crippen LogP contribution >= 0.6 is 0 Å². The van der Waals surface area contributed by atoms with Gasteiger partial charge in [-0.15, -0.1) is 0 Å². The Labute approximate surface area is 74.1 Å². The molecular weight excluding hydrogens is 125 g/mol. The Morgan fingerprint density at radius 3 is 2.33 bits per heavy atom. The number of carbonyl (C=O) groups excluding carboxylic acids is 1. The number of hydrogen-bond acceptors (Lipinski definition) is 2. The molecule has 2 nitrogen and oxygen atoms in total. The van der Waals surface area contributed by atoms with Crippen LogP contribution in [0.1, 0.15) is 0 Å². The number of ketones is 1. The first-order chi connectivity index (χ1) is 4.31. The van der Waals surface area contributed by atoms with Crippen molar-refractivity contribution in [2.24, 2.45) is 0 Å². The second-order valence-corrected chi connectivity index (χ2v) is 1.20. The maximum absolute atomic E-state index is 10.2. The van der Waals surface area contributed by atoms with E-state index in [0.29, 0.717) is 6.54 Å². The van der Waals surface area contributed by atoms with Gasteiger partial charge in [-0.1, -0.05) is 6.58 Å². The van der Waals surface area contributed by atoms with E-state index in [4.69, 9.17) is 0 Å². The summed E-state index contributed by atoms with van der Waals surface area (Å²) < 4.78 is 2.14. The van der Waals surface area contributed by atoms with Crippen molar-refractivity contribution in [1.82, 2.24) is 5.32 Å². The van der Waals surface area contributed by atoms with E-state index < -0.39 is 0 Å². The molecule has 0 atom stereocenters. The van der Waals surface area contributed by atoms with E-state index in [1.807, 2.05) is 0 Å². The molecule has 9 heavy (non-hydrogen) atoms. The maximum atomic E-state index is 10.2. The molecule has 0 aliphatic heterocycles. The molecule has 0 amide bonds. The van der Waals surface area contributed by atoms with Gasteiger partial charge in [-0.3, -0.25) is 4.79 Å². The molecule has 48 valence electrons. The van der Waals surface area contributed by atoms with Crippen molar-refractivity contribution in [1.29, 1.82) is 0 Å². The third-order valence-corrected chi connectivity index (χ3v) is 0.579. The monoisotopic (exact) mass is 137 g/mol. The van der Waals surface area contributed by atoms with Crippen LogP contribution in [0.2, 0.25) is 4.17 Å². The van der Waals surface area contributed by atoms with Crippen LogP contribution in [0.4, 0.5) is 0 Å². The van der Waals surface area contributed by atoms with Crippen molar-refractivity contribution in [2.75, 3.05) is 13.6 Å². The van der Waals surface area contributed by atoms with Gasteiger partial charge in [0, 0.05) is 0 Å². The minimum atomic E-state index is 0.0301. The molecule has 0 rings (SSSR count). The van der Waals surface area contributed by atoms with Crippen LogP contribution in [0.25, 0.3) is 0 Å². The first-order valence-corrected chi connectivity index (χ1v) is 5.11. The van der Waals surface area contributed by atoms with Gasteiger partial charge in [-0.05, 0) is 13.1 Å². The molecule has 0 aromatic carbocycles. The van der Waals surface area contributed by atoms with Gasteiger partial charge < -0.3 is 5.32 Å². The third kappa shape index (κ3) is 11.8. The molecule has 0 fully saturated rings. The fourth-order valence-electron chi connectivity index (χ4n) is 0.246. The standard InChI is InChI=1S/C5H9NO.CH3.Na/c1-3-5(7)4-6-2;;/h3,6H,1,4H2,2H3;1H3;. The Balaban J connectivity index is 0. The minimum absolute atomic E-state index is 0.0301. The summed E-state index contributed by atoms with van der Waals surface area (Å²) in [7, 11) is 1.72. The fraction of sp³-hybridized carbons (Fsp3) is 0.500. The fourth-order valence-corrected chi connectivity index (χ4v) is 0.246. The van der Waals surface area contributed by atoms with Gasteiger partial charge in [0.1, 0.15) is 0 Å². The normalized spacial score (nSPS) is 7.11. The van der Waals surface area contributed by atoms with Gasteiger partial charge >= 0.3 is 32.1 Å². The molecule has 3 heteroatoms. The summed E-state index contributed by atoms with van der Waals surface area (Å²) >= 11 is 1.31. The molecule has 0 unspecified atom stereocenters. The van der Waals surface area contributed by atoms with Crippen LogP contribution in [0, 0.1) is 0 Å². The summed E-state index contributed by atoms with van der Waals surface area (Å²) in [6.45, 7) is 3.68. The SMILES string of the molecule is C=CC(=O)CNC.[CH3][Na]. The molecule has 0 heterocycles. The van der Waals surface area contributed by atoms with Crippen molar-refractivity contribution in [3.05, 3.63) is 12.7 Å². The summed E-state index contributed by atoms with van der Waals surface area (Å²) in [5.41, 5.74) is 0. The van der Waals surface area contributed by atoms with Crippen LogP contribution in [0.5, 0.6) is 0 Å². The first kappa shape index (κ1) is 12.1. The van der Waals surface area contributed by atoms with Crippen LogP contribution < -0.4 is 5.32 Å². The predicted molar refractivity (Wildman–Crippen MR) is 40.7 cm³/mol. The van der Waals surface area contributed by atoms with E-state index >= 15 is 0 Å². The van der Waals surface area contributed by atoms with E-state index in [0.717, 1.165) is 0 Å². The Morgan fingerprint density at radius 2 is 2.22 bits per heavy atom. The second-order valence-electron chi connectivity index (χ2n) is 1.20. The number of rotatable bonds is 3. The van der Waals surface area contributed by atoms with E-state index in [1.165, 1.54) is 34.0 Å². The molecule has 0 saturated heterocycles. The van der Waals surface area contributed by atoms with Gasteiger partial charge in [0.05, 0.1) is 6.54 Å². The van der Waals surface area contributed by atoms with Crippen LogP contribution in [0.3, 0.4) is 0 Å². The molecule has 0 aromatic heterocycles. The number of nitrogens with one attached hydrogen (secondary N) is 1. The van der Waals surface area contributed by atoms with Crippen molar-refractivity contribution < 1.29 is 4.79 Å². The predicted octanol–water partition coefficient (Wildman–Crippen LogP) is 0.164. The number of carbonyl (C=O) groups is 1. The van der Waals surface area contributed by atoms with Gasteiger partial charge in [-0.2, -0.15) is 0 Å². The van der Waals surface area contributed by atoms with Crippen molar-refractivity contribution in [2.45, 2.75) is 4.17 Å². The first-order valence-electron chi connectivity index (χ1n) is 3.11. The third-order valence-electron chi connectivity index (χ3n) is 0.579. The summed E-state index contributed by atoms with van der Waals surface area (Å²) in [6.07, 6.45) is 1.30. The Bertz CT molecular complexity index is 83.1. The van der Waals surface area contributed by atoms with Crippen LogP contribution in [-0.4, -0.2) is 47.3 Å². The molecule has 0 radical (unpaired) electrons. The van der Waals surface area contributed by atoms with Crippen molar-refractivity contribution in [3.63, 3.8) is 0 Å². The van der Waals surface area contributed by atoms with Crippen LogP contribution in [-0.2, 0) is 4.79 Å².